The van der Waals surface area contributed by atoms with E-state index in [9.17, 15) is 0 Å². The van der Waals surface area contributed by atoms with Gasteiger partial charge in [-0.1, -0.05) is 60.7 Å². The minimum absolute atomic E-state index is 0. The Hall–Kier alpha value is -0.866. The average molecular weight is 378 g/mol. The number of nitrogens with zero attached hydrogens (tertiary/aromatic N) is 3. The molecule has 0 N–H and O–H groups in total. The van der Waals surface area contributed by atoms with E-state index in [1.807, 2.05) is 0 Å². The quantitative estimate of drug-likeness (QED) is 0.545. The molecule has 0 fully saturated rings. The molecule has 5 heteroatoms. The van der Waals surface area contributed by atoms with Crippen molar-refractivity contribution in [3.63, 3.8) is 0 Å². The van der Waals surface area contributed by atoms with Crippen molar-refractivity contribution < 1.29 is 18.9 Å². The van der Waals surface area contributed by atoms with E-state index in [0.717, 1.165) is 26.2 Å². The van der Waals surface area contributed by atoms with Gasteiger partial charge in [0.15, 0.2) is 0 Å². The standard InChI is InChI=1S/C13H13Si.C9H23N3.Li/c1-14(12-8-4-2-5-9-12)13-10-6-3-7-11-13;1-10(2)6-8-12(5)9-7-11(3)4;/h2-11H,1H3;6-9H2,1-5H3;/q-1;;+1. The van der Waals surface area contributed by atoms with E-state index >= 15 is 0 Å². The average Bonchev–Trinajstić information content (AvgIpc) is 2.66. The van der Waals surface area contributed by atoms with Gasteiger partial charge in [0.2, 0.25) is 0 Å². The zero-order valence-electron chi connectivity index (χ0n) is 18.4. The number of hydrogen-bond acceptors (Lipinski definition) is 3. The number of hydrogen-bond donors (Lipinski definition) is 0. The van der Waals surface area contributed by atoms with Crippen LogP contribution in [0.25, 0.3) is 0 Å². The van der Waals surface area contributed by atoms with E-state index in [2.05, 4.69) is 117 Å². The summed E-state index contributed by atoms with van der Waals surface area (Å²) < 4.78 is 0. The molecule has 0 amide bonds. The van der Waals surface area contributed by atoms with Gasteiger partial charge in [0.1, 0.15) is 0 Å². The van der Waals surface area contributed by atoms with Gasteiger partial charge in [-0.25, -0.2) is 0 Å². The maximum Gasteiger partial charge on any atom is 1.00 e. The molecule has 2 aromatic rings. The molecule has 0 spiro atoms. The predicted molar refractivity (Wildman–Crippen MR) is 118 cm³/mol. The van der Waals surface area contributed by atoms with Gasteiger partial charge in [-0.3, -0.25) is 8.80 Å². The Kier molecular flexibility index (Phi) is 14.6. The van der Waals surface area contributed by atoms with Crippen molar-refractivity contribution in [1.29, 1.82) is 0 Å². The SMILES string of the molecule is CN(C)CCN(C)CCN(C)C.C[Si-](c1ccccc1)c1ccccc1.[Li+]. The zero-order valence-corrected chi connectivity index (χ0v) is 19.4. The monoisotopic (exact) mass is 377 g/mol. The third kappa shape index (κ3) is 12.3. The van der Waals surface area contributed by atoms with Gasteiger partial charge in [-0.15, -0.1) is 0 Å². The largest absolute Gasteiger partial charge is 1.00 e. The molecule has 2 aromatic carbocycles. The molecule has 0 aliphatic rings. The van der Waals surface area contributed by atoms with Crippen LogP contribution in [-0.4, -0.2) is 84.9 Å². The first-order valence-corrected chi connectivity index (χ1v) is 11.3. The Labute approximate surface area is 181 Å². The Morgan fingerprint density at radius 3 is 1.22 bits per heavy atom. The third-order valence-corrected chi connectivity index (χ3v) is 6.67. The summed E-state index contributed by atoms with van der Waals surface area (Å²) in [6.07, 6.45) is 0. The van der Waals surface area contributed by atoms with Crippen molar-refractivity contribution in [3.05, 3.63) is 60.7 Å². The van der Waals surface area contributed by atoms with Crippen LogP contribution < -0.4 is 29.2 Å². The molecule has 144 valence electrons. The molecule has 2 rings (SSSR count). The first-order chi connectivity index (χ1) is 12.4. The molecule has 0 aliphatic carbocycles. The fraction of sp³-hybridized carbons (Fsp3) is 0.455. The minimum atomic E-state index is -0.545. The predicted octanol–water partition coefficient (Wildman–Crippen LogP) is -1.03. The number of likely N-dealkylation sites (N-methyl/N-ethyl adjacent to an activating group) is 3. The first-order valence-electron chi connectivity index (χ1n) is 9.32. The second-order valence-corrected chi connectivity index (χ2v) is 9.67. The molecule has 0 heterocycles. The molecule has 0 atom stereocenters. The van der Waals surface area contributed by atoms with E-state index < -0.39 is 8.80 Å². The Bertz CT molecular complexity index is 527. The summed E-state index contributed by atoms with van der Waals surface area (Å²) in [5, 5.41) is 2.95. The maximum absolute atomic E-state index is 2.36. The van der Waals surface area contributed by atoms with E-state index in [1.54, 1.807) is 0 Å². The number of benzene rings is 2. The fourth-order valence-corrected chi connectivity index (χ4v) is 4.11. The van der Waals surface area contributed by atoms with Gasteiger partial charge in [-0.2, -0.15) is 16.9 Å². The molecule has 0 unspecified atom stereocenters. The van der Waals surface area contributed by atoms with Crippen LogP contribution in [0.5, 0.6) is 0 Å². The first kappa shape index (κ1) is 26.1. The van der Waals surface area contributed by atoms with Gasteiger partial charge in [0, 0.05) is 26.2 Å². The second-order valence-electron chi connectivity index (χ2n) is 7.27. The van der Waals surface area contributed by atoms with Crippen molar-refractivity contribution in [3.8, 4) is 0 Å². The van der Waals surface area contributed by atoms with Crippen molar-refractivity contribution in [2.24, 2.45) is 0 Å². The summed E-state index contributed by atoms with van der Waals surface area (Å²) in [6.45, 7) is 6.94. The minimum Gasteiger partial charge on any atom is -0.308 e. The zero-order chi connectivity index (χ0) is 19.4. The van der Waals surface area contributed by atoms with Crippen LogP contribution in [-0.2, 0) is 0 Å². The van der Waals surface area contributed by atoms with E-state index in [0.29, 0.717) is 0 Å². The van der Waals surface area contributed by atoms with E-state index in [1.165, 1.54) is 10.4 Å². The fourth-order valence-electron chi connectivity index (χ4n) is 2.40. The maximum atomic E-state index is 2.36. The van der Waals surface area contributed by atoms with Crippen molar-refractivity contribution in [1.82, 2.24) is 14.7 Å². The molecule has 0 bridgehead atoms. The summed E-state index contributed by atoms with van der Waals surface area (Å²) in [4.78, 5) is 6.79. The van der Waals surface area contributed by atoms with Gasteiger partial charge >= 0.3 is 18.9 Å². The Balaban J connectivity index is 0.000000491. The topological polar surface area (TPSA) is 9.72 Å². The van der Waals surface area contributed by atoms with Crippen LogP contribution in [0.4, 0.5) is 0 Å². The van der Waals surface area contributed by atoms with Gasteiger partial charge in [-0.05, 0) is 35.2 Å². The third-order valence-electron chi connectivity index (χ3n) is 4.27. The van der Waals surface area contributed by atoms with Crippen LogP contribution in [0.2, 0.25) is 6.55 Å². The molecule has 27 heavy (non-hydrogen) atoms. The van der Waals surface area contributed by atoms with E-state index in [-0.39, 0.29) is 18.9 Å². The van der Waals surface area contributed by atoms with Crippen molar-refractivity contribution in [2.45, 2.75) is 6.55 Å². The molecule has 0 radical (unpaired) electrons. The summed E-state index contributed by atoms with van der Waals surface area (Å²) >= 11 is 0. The van der Waals surface area contributed by atoms with Crippen LogP contribution in [0.15, 0.2) is 60.7 Å². The van der Waals surface area contributed by atoms with Crippen LogP contribution in [0.3, 0.4) is 0 Å². The van der Waals surface area contributed by atoms with Gasteiger partial charge in [0.05, 0.1) is 0 Å². The van der Waals surface area contributed by atoms with Crippen LogP contribution >= 0.6 is 0 Å². The normalized spacial score (nSPS) is 10.4. The van der Waals surface area contributed by atoms with Gasteiger partial charge < -0.3 is 14.7 Å². The summed E-state index contributed by atoms with van der Waals surface area (Å²) in [6, 6.07) is 21.5. The van der Waals surface area contributed by atoms with Crippen molar-refractivity contribution >= 4 is 19.2 Å². The smallest absolute Gasteiger partial charge is 0.308 e. The molecule has 0 saturated heterocycles. The summed E-state index contributed by atoms with van der Waals surface area (Å²) in [5.74, 6) is 0. The Morgan fingerprint density at radius 1 is 0.593 bits per heavy atom. The van der Waals surface area contributed by atoms with Gasteiger partial charge in [0.25, 0.3) is 0 Å². The van der Waals surface area contributed by atoms with E-state index in [4.69, 9.17) is 0 Å². The summed E-state index contributed by atoms with van der Waals surface area (Å²) in [5.41, 5.74) is 0. The molecule has 0 aromatic heterocycles. The number of rotatable bonds is 8. The molecule has 3 nitrogen and oxygen atoms in total. The van der Waals surface area contributed by atoms with Crippen molar-refractivity contribution in [2.75, 3.05) is 61.4 Å². The van der Waals surface area contributed by atoms with Crippen LogP contribution in [0, 0.1) is 0 Å². The second kappa shape index (κ2) is 15.1. The molecular formula is C22H36LiN3Si. The summed E-state index contributed by atoms with van der Waals surface area (Å²) in [7, 11) is 10.1. The molecular weight excluding hydrogens is 341 g/mol. The molecule has 0 saturated carbocycles. The Morgan fingerprint density at radius 2 is 0.926 bits per heavy atom. The van der Waals surface area contributed by atoms with Crippen LogP contribution in [0.1, 0.15) is 0 Å². The molecule has 0 aliphatic heterocycles.